The van der Waals surface area contributed by atoms with Crippen LogP contribution in [0.1, 0.15) is 35.3 Å². The quantitative estimate of drug-likeness (QED) is 0.694. The third-order valence-electron chi connectivity index (χ3n) is 2.42. The Labute approximate surface area is 96.0 Å². The van der Waals surface area contributed by atoms with Crippen LogP contribution in [0.15, 0.2) is 6.20 Å². The molecule has 1 aromatic rings. The molecule has 0 aliphatic carbocycles. The van der Waals surface area contributed by atoms with Crippen molar-refractivity contribution in [3.05, 3.63) is 17.5 Å². The van der Waals surface area contributed by atoms with Crippen LogP contribution in [-0.4, -0.2) is 28.8 Å². The standard InChI is InChI=1S/C11H20N4O/c1-9-10(8-15(2)14-9)11(16)13-7-5-3-4-6-12/h8H,3-7,12H2,1-2H3,(H,13,16). The number of hydrogen-bond acceptors (Lipinski definition) is 3. The maximum Gasteiger partial charge on any atom is 0.254 e. The summed E-state index contributed by atoms with van der Waals surface area (Å²) in [6.07, 6.45) is 4.79. The third kappa shape index (κ3) is 3.66. The lowest BCUT2D eigenvalue weighted by Crippen LogP contribution is -2.24. The molecule has 0 aliphatic heterocycles. The fourth-order valence-corrected chi connectivity index (χ4v) is 1.57. The Morgan fingerprint density at radius 3 is 2.81 bits per heavy atom. The van der Waals surface area contributed by atoms with Crippen molar-refractivity contribution in [1.29, 1.82) is 0 Å². The lowest BCUT2D eigenvalue weighted by atomic mass is 10.2. The van der Waals surface area contributed by atoms with Gasteiger partial charge >= 0.3 is 0 Å². The van der Waals surface area contributed by atoms with Crippen LogP contribution in [-0.2, 0) is 7.05 Å². The summed E-state index contributed by atoms with van der Waals surface area (Å²) < 4.78 is 1.65. The molecule has 90 valence electrons. The SMILES string of the molecule is Cc1nn(C)cc1C(=O)NCCCCCN. The van der Waals surface area contributed by atoms with Crippen LogP contribution in [0, 0.1) is 6.92 Å². The van der Waals surface area contributed by atoms with Gasteiger partial charge in [-0.2, -0.15) is 5.10 Å². The van der Waals surface area contributed by atoms with Crippen LogP contribution in [0.3, 0.4) is 0 Å². The molecule has 0 saturated heterocycles. The van der Waals surface area contributed by atoms with E-state index in [1.807, 2.05) is 14.0 Å². The summed E-state index contributed by atoms with van der Waals surface area (Å²) in [4.78, 5) is 11.7. The van der Waals surface area contributed by atoms with E-state index in [1.165, 1.54) is 0 Å². The van der Waals surface area contributed by atoms with E-state index in [0.29, 0.717) is 12.1 Å². The number of carbonyl (C=O) groups excluding carboxylic acids is 1. The maximum atomic E-state index is 11.7. The van der Waals surface area contributed by atoms with Gasteiger partial charge in [0.1, 0.15) is 0 Å². The van der Waals surface area contributed by atoms with Crippen molar-refractivity contribution in [2.45, 2.75) is 26.2 Å². The number of amides is 1. The number of nitrogens with one attached hydrogen (secondary N) is 1. The second kappa shape index (κ2) is 6.27. The van der Waals surface area contributed by atoms with Gasteiger partial charge in [0, 0.05) is 19.8 Å². The van der Waals surface area contributed by atoms with Crippen LogP contribution >= 0.6 is 0 Å². The van der Waals surface area contributed by atoms with Gasteiger partial charge in [0.2, 0.25) is 0 Å². The Morgan fingerprint density at radius 1 is 1.50 bits per heavy atom. The molecule has 1 amide bonds. The van der Waals surface area contributed by atoms with E-state index in [2.05, 4.69) is 10.4 Å². The number of aromatic nitrogens is 2. The van der Waals surface area contributed by atoms with Gasteiger partial charge in [-0.15, -0.1) is 0 Å². The van der Waals surface area contributed by atoms with Crippen LogP contribution in [0.25, 0.3) is 0 Å². The summed E-state index contributed by atoms with van der Waals surface area (Å²) >= 11 is 0. The first kappa shape index (κ1) is 12.7. The zero-order chi connectivity index (χ0) is 12.0. The second-order valence-electron chi connectivity index (χ2n) is 3.91. The zero-order valence-corrected chi connectivity index (χ0v) is 9.99. The van der Waals surface area contributed by atoms with E-state index in [4.69, 9.17) is 5.73 Å². The van der Waals surface area contributed by atoms with Gasteiger partial charge in [0.05, 0.1) is 11.3 Å². The summed E-state index contributed by atoms with van der Waals surface area (Å²) in [5.74, 6) is -0.0432. The normalized spacial score (nSPS) is 10.4. The summed E-state index contributed by atoms with van der Waals surface area (Å²) in [7, 11) is 1.81. The first-order valence-corrected chi connectivity index (χ1v) is 5.63. The number of nitrogens with zero attached hydrogens (tertiary/aromatic N) is 2. The molecular weight excluding hydrogens is 204 g/mol. The Balaban J connectivity index is 2.33. The van der Waals surface area contributed by atoms with E-state index in [1.54, 1.807) is 10.9 Å². The van der Waals surface area contributed by atoms with Gasteiger partial charge < -0.3 is 11.1 Å². The van der Waals surface area contributed by atoms with Gasteiger partial charge in [-0.1, -0.05) is 6.42 Å². The van der Waals surface area contributed by atoms with Gasteiger partial charge in [0.15, 0.2) is 0 Å². The molecule has 0 atom stereocenters. The van der Waals surface area contributed by atoms with Crippen molar-refractivity contribution in [3.63, 3.8) is 0 Å². The Morgan fingerprint density at radius 2 is 2.25 bits per heavy atom. The highest BCUT2D eigenvalue weighted by Gasteiger charge is 2.11. The van der Waals surface area contributed by atoms with Crippen molar-refractivity contribution < 1.29 is 4.79 Å². The first-order chi connectivity index (χ1) is 7.65. The lowest BCUT2D eigenvalue weighted by Gasteiger charge is -2.03. The van der Waals surface area contributed by atoms with Crippen molar-refractivity contribution >= 4 is 5.91 Å². The molecule has 1 aromatic heterocycles. The molecule has 0 saturated carbocycles. The van der Waals surface area contributed by atoms with Gasteiger partial charge in [-0.3, -0.25) is 9.48 Å². The number of carbonyl (C=O) groups is 1. The molecule has 1 heterocycles. The maximum absolute atomic E-state index is 11.7. The first-order valence-electron chi connectivity index (χ1n) is 5.63. The Hall–Kier alpha value is -1.36. The molecule has 3 N–H and O–H groups in total. The van der Waals surface area contributed by atoms with Gasteiger partial charge in [-0.05, 0) is 26.3 Å². The number of unbranched alkanes of at least 4 members (excludes halogenated alkanes) is 2. The molecular formula is C11H20N4O. The monoisotopic (exact) mass is 224 g/mol. The minimum atomic E-state index is -0.0432. The van der Waals surface area contributed by atoms with Crippen molar-refractivity contribution in [2.75, 3.05) is 13.1 Å². The van der Waals surface area contributed by atoms with Gasteiger partial charge in [-0.25, -0.2) is 0 Å². The van der Waals surface area contributed by atoms with Crippen LogP contribution in [0.2, 0.25) is 0 Å². The molecule has 5 heteroatoms. The van der Waals surface area contributed by atoms with E-state index in [-0.39, 0.29) is 5.91 Å². The molecule has 0 unspecified atom stereocenters. The van der Waals surface area contributed by atoms with Gasteiger partial charge in [0.25, 0.3) is 5.91 Å². The van der Waals surface area contributed by atoms with Crippen LogP contribution in [0.5, 0.6) is 0 Å². The number of rotatable bonds is 6. The molecule has 0 fully saturated rings. The minimum Gasteiger partial charge on any atom is -0.352 e. The predicted octanol–water partition coefficient (Wildman–Crippen LogP) is 0.587. The predicted molar refractivity (Wildman–Crippen MR) is 63.2 cm³/mol. The second-order valence-corrected chi connectivity index (χ2v) is 3.91. The minimum absolute atomic E-state index is 0.0432. The third-order valence-corrected chi connectivity index (χ3v) is 2.42. The van der Waals surface area contributed by atoms with E-state index in [9.17, 15) is 4.79 Å². The lowest BCUT2D eigenvalue weighted by molar-refractivity contribution is 0.0952. The van der Waals surface area contributed by atoms with Crippen LogP contribution in [0.4, 0.5) is 0 Å². The van der Waals surface area contributed by atoms with Crippen LogP contribution < -0.4 is 11.1 Å². The fraction of sp³-hybridized carbons (Fsp3) is 0.636. The van der Waals surface area contributed by atoms with Crippen molar-refractivity contribution in [3.8, 4) is 0 Å². The number of nitrogens with two attached hydrogens (primary N) is 1. The molecule has 5 nitrogen and oxygen atoms in total. The van der Waals surface area contributed by atoms with Crippen molar-refractivity contribution in [2.24, 2.45) is 12.8 Å². The van der Waals surface area contributed by atoms with E-state index in [0.717, 1.165) is 31.5 Å². The molecule has 0 spiro atoms. The highest BCUT2D eigenvalue weighted by Crippen LogP contribution is 2.04. The van der Waals surface area contributed by atoms with E-state index >= 15 is 0 Å². The largest absolute Gasteiger partial charge is 0.352 e. The molecule has 16 heavy (non-hydrogen) atoms. The average Bonchev–Trinajstić information content (AvgIpc) is 2.57. The average molecular weight is 224 g/mol. The molecule has 0 bridgehead atoms. The van der Waals surface area contributed by atoms with E-state index < -0.39 is 0 Å². The highest BCUT2D eigenvalue weighted by atomic mass is 16.1. The molecule has 1 rings (SSSR count). The number of hydrogen-bond donors (Lipinski definition) is 2. The summed E-state index contributed by atoms with van der Waals surface area (Å²) in [5.41, 5.74) is 6.81. The molecule has 0 aliphatic rings. The fourth-order valence-electron chi connectivity index (χ4n) is 1.57. The zero-order valence-electron chi connectivity index (χ0n) is 9.99. The topological polar surface area (TPSA) is 72.9 Å². The smallest absolute Gasteiger partial charge is 0.254 e. The molecule has 0 radical (unpaired) electrons. The Bertz CT molecular complexity index is 346. The summed E-state index contributed by atoms with van der Waals surface area (Å²) in [5, 5.41) is 7.01. The molecule has 0 aromatic carbocycles. The highest BCUT2D eigenvalue weighted by molar-refractivity contribution is 5.94. The number of aryl methyl sites for hydroxylation is 2. The summed E-state index contributed by atoms with van der Waals surface area (Å²) in [6, 6.07) is 0. The Kier molecular flexibility index (Phi) is 4.98. The summed E-state index contributed by atoms with van der Waals surface area (Å²) in [6.45, 7) is 3.26. The van der Waals surface area contributed by atoms with Crippen molar-refractivity contribution in [1.82, 2.24) is 15.1 Å².